The Morgan fingerprint density at radius 3 is 2.36 bits per heavy atom. The molecule has 28 heavy (non-hydrogen) atoms. The zero-order valence-corrected chi connectivity index (χ0v) is 15.4. The van der Waals surface area contributed by atoms with Gasteiger partial charge in [-0.3, -0.25) is 4.90 Å². The van der Waals surface area contributed by atoms with Crippen molar-refractivity contribution in [3.8, 4) is 5.75 Å². The normalized spacial score (nSPS) is 16.8. The molecule has 1 aliphatic heterocycles. The zero-order chi connectivity index (χ0) is 20.1. The highest BCUT2D eigenvalue weighted by molar-refractivity contribution is 5.49. The number of piperazine rings is 1. The van der Waals surface area contributed by atoms with Crippen molar-refractivity contribution in [1.29, 1.82) is 0 Å². The second kappa shape index (κ2) is 8.70. The molecule has 152 valence electrons. The third-order valence-corrected chi connectivity index (χ3v) is 4.70. The topological polar surface area (TPSA) is 62.0 Å². The Bertz CT molecular complexity index is 760. The van der Waals surface area contributed by atoms with E-state index in [0.29, 0.717) is 49.8 Å². The van der Waals surface area contributed by atoms with Crippen LogP contribution < -0.4 is 15.4 Å². The van der Waals surface area contributed by atoms with Gasteiger partial charge in [-0.1, -0.05) is 6.07 Å². The summed E-state index contributed by atoms with van der Waals surface area (Å²) in [6.45, 7) is 3.15. The van der Waals surface area contributed by atoms with Crippen LogP contribution in [-0.2, 0) is 6.18 Å². The van der Waals surface area contributed by atoms with Crippen LogP contribution >= 0.6 is 0 Å². The number of benzene rings is 2. The number of ether oxygens (including phenoxy) is 1. The smallest absolute Gasteiger partial charge is 0.416 e. The van der Waals surface area contributed by atoms with Gasteiger partial charge in [0.15, 0.2) is 0 Å². The van der Waals surface area contributed by atoms with Crippen molar-refractivity contribution >= 4 is 11.4 Å². The summed E-state index contributed by atoms with van der Waals surface area (Å²) < 4.78 is 44.2. The van der Waals surface area contributed by atoms with Crippen LogP contribution in [0.1, 0.15) is 5.56 Å². The molecule has 0 aliphatic carbocycles. The number of alkyl halides is 3. The number of hydrogen-bond donors (Lipinski definition) is 2. The van der Waals surface area contributed by atoms with Crippen LogP contribution in [0.15, 0.2) is 48.5 Å². The number of rotatable bonds is 6. The SMILES string of the molecule is Nc1ccc(OCC(O)CN2CCN(c3cccc(C(F)(F)F)c3)CC2)cc1. The van der Waals surface area contributed by atoms with Crippen LogP contribution in [0.25, 0.3) is 0 Å². The van der Waals surface area contributed by atoms with Gasteiger partial charge in [0.25, 0.3) is 0 Å². The number of β-amino-alcohol motifs (C(OH)–C–C–N with tert-alkyl or cyclic N) is 1. The quantitative estimate of drug-likeness (QED) is 0.737. The average molecular weight is 395 g/mol. The Labute approximate surface area is 162 Å². The lowest BCUT2D eigenvalue weighted by Gasteiger charge is -2.37. The van der Waals surface area contributed by atoms with Crippen LogP contribution in [0, 0.1) is 0 Å². The first-order valence-electron chi connectivity index (χ1n) is 9.12. The van der Waals surface area contributed by atoms with Gasteiger partial charge in [0, 0.05) is 44.1 Å². The summed E-state index contributed by atoms with van der Waals surface area (Å²) >= 11 is 0. The number of hydrogen-bond acceptors (Lipinski definition) is 5. The van der Waals surface area contributed by atoms with Gasteiger partial charge in [-0.05, 0) is 42.5 Å². The summed E-state index contributed by atoms with van der Waals surface area (Å²) in [4.78, 5) is 4.02. The maximum absolute atomic E-state index is 12.9. The summed E-state index contributed by atoms with van der Waals surface area (Å²) in [6.07, 6.45) is -5.00. The van der Waals surface area contributed by atoms with Gasteiger partial charge >= 0.3 is 6.18 Å². The predicted octanol–water partition coefficient (Wildman–Crippen LogP) is 2.85. The molecule has 5 nitrogen and oxygen atoms in total. The van der Waals surface area contributed by atoms with Crippen molar-refractivity contribution in [2.75, 3.05) is 50.0 Å². The summed E-state index contributed by atoms with van der Waals surface area (Å²) in [5.74, 6) is 0.641. The number of nitrogen functional groups attached to an aromatic ring is 1. The molecule has 1 atom stereocenters. The maximum atomic E-state index is 12.9. The average Bonchev–Trinajstić information content (AvgIpc) is 2.68. The maximum Gasteiger partial charge on any atom is 0.416 e. The highest BCUT2D eigenvalue weighted by Crippen LogP contribution is 2.31. The molecule has 0 saturated carbocycles. The van der Waals surface area contributed by atoms with Gasteiger partial charge in [0.2, 0.25) is 0 Å². The summed E-state index contributed by atoms with van der Waals surface area (Å²) in [6, 6.07) is 12.3. The molecular weight excluding hydrogens is 371 g/mol. The first-order valence-corrected chi connectivity index (χ1v) is 9.12. The minimum atomic E-state index is -4.34. The monoisotopic (exact) mass is 395 g/mol. The molecule has 0 bridgehead atoms. The lowest BCUT2D eigenvalue weighted by molar-refractivity contribution is -0.137. The van der Waals surface area contributed by atoms with Gasteiger partial charge in [-0.15, -0.1) is 0 Å². The zero-order valence-electron chi connectivity index (χ0n) is 15.4. The van der Waals surface area contributed by atoms with Gasteiger partial charge < -0.3 is 20.5 Å². The molecule has 8 heteroatoms. The largest absolute Gasteiger partial charge is 0.491 e. The van der Waals surface area contributed by atoms with E-state index in [1.54, 1.807) is 30.3 Å². The lowest BCUT2D eigenvalue weighted by Crippen LogP contribution is -2.49. The Morgan fingerprint density at radius 2 is 1.71 bits per heavy atom. The summed E-state index contributed by atoms with van der Waals surface area (Å²) in [7, 11) is 0. The molecular formula is C20H24F3N3O2. The van der Waals surface area contributed by atoms with Crippen LogP contribution in [-0.4, -0.2) is 55.4 Å². The number of aliphatic hydroxyl groups excluding tert-OH is 1. The van der Waals surface area contributed by atoms with Crippen LogP contribution in [0.3, 0.4) is 0 Å². The Hall–Kier alpha value is -2.45. The standard InChI is InChI=1S/C20H24F3N3O2/c21-20(22,23)15-2-1-3-17(12-15)26-10-8-25(9-11-26)13-18(27)14-28-19-6-4-16(24)5-7-19/h1-7,12,18,27H,8-11,13-14,24H2. The molecule has 1 heterocycles. The van der Waals surface area contributed by atoms with E-state index in [0.717, 1.165) is 6.07 Å². The Morgan fingerprint density at radius 1 is 1.04 bits per heavy atom. The van der Waals surface area contributed by atoms with E-state index in [1.165, 1.54) is 12.1 Å². The van der Waals surface area contributed by atoms with E-state index >= 15 is 0 Å². The fraction of sp³-hybridized carbons (Fsp3) is 0.400. The van der Waals surface area contributed by atoms with Gasteiger partial charge in [0.1, 0.15) is 18.5 Å². The van der Waals surface area contributed by atoms with E-state index < -0.39 is 17.8 Å². The Kier molecular flexibility index (Phi) is 6.31. The van der Waals surface area contributed by atoms with Crippen LogP contribution in [0.2, 0.25) is 0 Å². The van der Waals surface area contributed by atoms with Crippen LogP contribution in [0.5, 0.6) is 5.75 Å². The second-order valence-electron chi connectivity index (χ2n) is 6.87. The molecule has 1 aliphatic rings. The molecule has 2 aromatic carbocycles. The minimum absolute atomic E-state index is 0.164. The van der Waals surface area contributed by atoms with Crippen molar-refractivity contribution in [3.05, 3.63) is 54.1 Å². The fourth-order valence-corrected chi connectivity index (χ4v) is 3.17. The summed E-state index contributed by atoms with van der Waals surface area (Å²) in [5, 5.41) is 10.2. The number of anilines is 2. The molecule has 0 radical (unpaired) electrons. The molecule has 3 N–H and O–H groups in total. The number of nitrogens with two attached hydrogens (primary N) is 1. The second-order valence-corrected chi connectivity index (χ2v) is 6.87. The molecule has 0 amide bonds. The van der Waals surface area contributed by atoms with Crippen molar-refractivity contribution in [2.24, 2.45) is 0 Å². The van der Waals surface area contributed by atoms with E-state index in [1.807, 2.05) is 4.90 Å². The molecule has 0 spiro atoms. The minimum Gasteiger partial charge on any atom is -0.491 e. The van der Waals surface area contributed by atoms with Crippen LogP contribution in [0.4, 0.5) is 24.5 Å². The van der Waals surface area contributed by atoms with E-state index in [9.17, 15) is 18.3 Å². The summed E-state index contributed by atoms with van der Waals surface area (Å²) in [5.41, 5.74) is 6.20. The first kappa shape index (κ1) is 20.3. The van der Waals surface area contributed by atoms with Crippen molar-refractivity contribution < 1.29 is 23.0 Å². The van der Waals surface area contributed by atoms with Gasteiger partial charge in [-0.25, -0.2) is 0 Å². The van der Waals surface area contributed by atoms with Crippen molar-refractivity contribution in [1.82, 2.24) is 4.90 Å². The Balaban J connectivity index is 1.45. The van der Waals surface area contributed by atoms with E-state index in [2.05, 4.69) is 4.90 Å². The fourth-order valence-electron chi connectivity index (χ4n) is 3.17. The van der Waals surface area contributed by atoms with Crippen molar-refractivity contribution in [2.45, 2.75) is 12.3 Å². The predicted molar refractivity (Wildman–Crippen MR) is 102 cm³/mol. The first-order chi connectivity index (χ1) is 13.3. The molecule has 1 saturated heterocycles. The van der Waals surface area contributed by atoms with E-state index in [-0.39, 0.29) is 6.61 Å². The van der Waals surface area contributed by atoms with Gasteiger partial charge in [-0.2, -0.15) is 13.2 Å². The number of halogens is 3. The number of aliphatic hydroxyl groups is 1. The molecule has 1 unspecified atom stereocenters. The third kappa shape index (κ3) is 5.53. The van der Waals surface area contributed by atoms with Gasteiger partial charge in [0.05, 0.1) is 5.56 Å². The number of nitrogens with zero attached hydrogens (tertiary/aromatic N) is 2. The highest BCUT2D eigenvalue weighted by Gasteiger charge is 2.31. The molecule has 1 fully saturated rings. The van der Waals surface area contributed by atoms with E-state index in [4.69, 9.17) is 10.5 Å². The van der Waals surface area contributed by atoms with Crippen molar-refractivity contribution in [3.63, 3.8) is 0 Å². The third-order valence-electron chi connectivity index (χ3n) is 4.70. The molecule has 0 aromatic heterocycles. The molecule has 2 aromatic rings. The lowest BCUT2D eigenvalue weighted by atomic mass is 10.1. The molecule has 3 rings (SSSR count). The highest BCUT2D eigenvalue weighted by atomic mass is 19.4.